The maximum atomic E-state index is 15.6. The van der Waals surface area contributed by atoms with Crippen LogP contribution in [0.5, 0.6) is 0 Å². The smallest absolute Gasteiger partial charge is 0.333 e. The van der Waals surface area contributed by atoms with Crippen molar-refractivity contribution >= 4 is 23.0 Å². The first-order valence-electron chi connectivity index (χ1n) is 9.40. The van der Waals surface area contributed by atoms with Gasteiger partial charge in [-0.05, 0) is 25.7 Å². The fraction of sp³-hybridized carbons (Fsp3) is 0.526. The largest absolute Gasteiger partial charge is 0.478 e. The molecule has 1 atom stereocenters. The monoisotopic (exact) mass is 378 g/mol. The Kier molecular flexibility index (Phi) is 4.46. The molecule has 3 aliphatic rings. The third kappa shape index (κ3) is 3.12. The highest BCUT2D eigenvalue weighted by Gasteiger charge is 2.39. The highest BCUT2D eigenvalue weighted by Crippen LogP contribution is 2.46. The van der Waals surface area contributed by atoms with E-state index in [0.29, 0.717) is 13.1 Å². The summed E-state index contributed by atoms with van der Waals surface area (Å²) in [6.45, 7) is 0.880. The summed E-state index contributed by atoms with van der Waals surface area (Å²) in [5, 5.41) is 9.39. The molecular formula is C19H24F2N4O2. The average Bonchev–Trinajstić information content (AvgIpc) is 3.47. The van der Waals surface area contributed by atoms with Crippen molar-refractivity contribution in [1.29, 1.82) is 0 Å². The third-order valence-corrected chi connectivity index (χ3v) is 5.63. The number of nitrogens with two attached hydrogens (primary N) is 2. The third-order valence-electron chi connectivity index (χ3n) is 5.63. The lowest BCUT2D eigenvalue weighted by Crippen LogP contribution is -2.38. The average molecular weight is 378 g/mol. The molecule has 5 N–H and O–H groups in total. The molecule has 1 aromatic rings. The van der Waals surface area contributed by atoms with Gasteiger partial charge in [0.05, 0.1) is 16.9 Å². The van der Waals surface area contributed by atoms with Crippen LogP contribution in [-0.4, -0.2) is 36.2 Å². The molecule has 1 saturated carbocycles. The van der Waals surface area contributed by atoms with E-state index in [4.69, 9.17) is 11.5 Å². The van der Waals surface area contributed by atoms with Gasteiger partial charge in [0, 0.05) is 43.4 Å². The molecule has 2 heterocycles. The Morgan fingerprint density at radius 3 is 2.56 bits per heavy atom. The number of hydrogen-bond acceptors (Lipinski definition) is 5. The molecule has 8 heteroatoms. The number of hydrogen-bond donors (Lipinski definition) is 3. The van der Waals surface area contributed by atoms with Crippen LogP contribution >= 0.6 is 0 Å². The van der Waals surface area contributed by atoms with E-state index in [-0.39, 0.29) is 46.7 Å². The standard InChI is InChI=1S/C19H24F2N4O2/c20-14-16(23)13-7-10(19(26)27)8-25(12-4-5-12)17(13)15(21)18(14)24-6-2-1-3-11(22)9-24/h8,11-12H,1-7,9,22-23H2,(H,26,27). The highest BCUT2D eigenvalue weighted by atomic mass is 19.1. The van der Waals surface area contributed by atoms with Crippen molar-refractivity contribution in [2.75, 3.05) is 28.6 Å². The number of carbonyl (C=O) groups is 1. The van der Waals surface area contributed by atoms with Gasteiger partial charge in [-0.2, -0.15) is 0 Å². The van der Waals surface area contributed by atoms with E-state index >= 15 is 8.78 Å². The lowest BCUT2D eigenvalue weighted by Gasteiger charge is -2.34. The fourth-order valence-corrected chi connectivity index (χ4v) is 4.07. The summed E-state index contributed by atoms with van der Waals surface area (Å²) in [7, 11) is 0. The second-order valence-electron chi connectivity index (χ2n) is 7.69. The van der Waals surface area contributed by atoms with Gasteiger partial charge in [-0.3, -0.25) is 0 Å². The predicted molar refractivity (Wildman–Crippen MR) is 99.7 cm³/mol. The van der Waals surface area contributed by atoms with Gasteiger partial charge in [0.1, 0.15) is 5.69 Å². The van der Waals surface area contributed by atoms with E-state index < -0.39 is 17.6 Å². The Morgan fingerprint density at radius 1 is 1.15 bits per heavy atom. The molecule has 0 aromatic heterocycles. The molecule has 6 nitrogen and oxygen atoms in total. The summed E-state index contributed by atoms with van der Waals surface area (Å²) >= 11 is 0. The number of carboxylic acids is 1. The molecule has 1 aromatic carbocycles. The maximum absolute atomic E-state index is 15.6. The van der Waals surface area contributed by atoms with Crippen LogP contribution in [0.3, 0.4) is 0 Å². The van der Waals surface area contributed by atoms with Crippen LogP contribution in [0.1, 0.15) is 37.7 Å². The molecule has 1 saturated heterocycles. The summed E-state index contributed by atoms with van der Waals surface area (Å²) in [6, 6.07) is -0.126. The SMILES string of the molecule is Nc1c(F)c(N2CCCCC(N)C2)c(F)c2c1CC(C(=O)O)=CN2C1CC1. The van der Waals surface area contributed by atoms with Crippen molar-refractivity contribution in [2.24, 2.45) is 5.73 Å². The molecule has 2 fully saturated rings. The minimum atomic E-state index is -1.10. The second-order valence-corrected chi connectivity index (χ2v) is 7.69. The molecular weight excluding hydrogens is 354 g/mol. The first kappa shape index (κ1) is 18.0. The van der Waals surface area contributed by atoms with E-state index in [9.17, 15) is 9.90 Å². The molecule has 2 aliphatic heterocycles. The zero-order chi connectivity index (χ0) is 19.3. The van der Waals surface area contributed by atoms with Crippen LogP contribution < -0.4 is 21.3 Å². The molecule has 4 rings (SSSR count). The lowest BCUT2D eigenvalue weighted by molar-refractivity contribution is -0.132. The van der Waals surface area contributed by atoms with Gasteiger partial charge >= 0.3 is 5.97 Å². The summed E-state index contributed by atoms with van der Waals surface area (Å²) in [5.74, 6) is -2.59. The second kappa shape index (κ2) is 6.67. The lowest BCUT2D eigenvalue weighted by atomic mass is 9.95. The normalized spacial score (nSPS) is 22.9. The Morgan fingerprint density at radius 2 is 1.89 bits per heavy atom. The van der Waals surface area contributed by atoms with Gasteiger partial charge in [-0.25, -0.2) is 13.6 Å². The molecule has 1 aliphatic carbocycles. The van der Waals surface area contributed by atoms with Crippen LogP contribution in [-0.2, 0) is 11.2 Å². The van der Waals surface area contributed by atoms with Crippen molar-refractivity contribution in [1.82, 2.24) is 0 Å². The van der Waals surface area contributed by atoms with Crippen LogP contribution in [0, 0.1) is 11.6 Å². The van der Waals surface area contributed by atoms with E-state index in [1.165, 1.54) is 6.20 Å². The van der Waals surface area contributed by atoms with Crippen LogP contribution in [0.25, 0.3) is 0 Å². The number of benzene rings is 1. The van der Waals surface area contributed by atoms with Gasteiger partial charge in [-0.15, -0.1) is 0 Å². The highest BCUT2D eigenvalue weighted by molar-refractivity contribution is 5.91. The summed E-state index contributed by atoms with van der Waals surface area (Å²) in [5.41, 5.74) is 12.3. The van der Waals surface area contributed by atoms with E-state index in [1.807, 2.05) is 0 Å². The first-order valence-corrected chi connectivity index (χ1v) is 9.40. The van der Waals surface area contributed by atoms with E-state index in [0.717, 1.165) is 32.1 Å². The summed E-state index contributed by atoms with van der Waals surface area (Å²) < 4.78 is 30.7. The van der Waals surface area contributed by atoms with Gasteiger partial charge in [-0.1, -0.05) is 6.42 Å². The molecule has 0 bridgehead atoms. The number of rotatable bonds is 3. The first-order chi connectivity index (χ1) is 12.9. The number of nitrogen functional groups attached to an aromatic ring is 1. The van der Waals surface area contributed by atoms with Crippen molar-refractivity contribution in [3.05, 3.63) is 29.0 Å². The van der Waals surface area contributed by atoms with Crippen molar-refractivity contribution < 1.29 is 18.7 Å². The zero-order valence-corrected chi connectivity index (χ0v) is 15.0. The molecule has 27 heavy (non-hydrogen) atoms. The Bertz CT molecular complexity index is 823. The van der Waals surface area contributed by atoms with Crippen molar-refractivity contribution in [3.63, 3.8) is 0 Å². The van der Waals surface area contributed by atoms with Crippen LogP contribution in [0.15, 0.2) is 11.8 Å². The number of nitrogens with zero attached hydrogens (tertiary/aromatic N) is 2. The van der Waals surface area contributed by atoms with E-state index in [1.54, 1.807) is 9.80 Å². The minimum absolute atomic E-state index is 0.0250. The van der Waals surface area contributed by atoms with Gasteiger partial charge < -0.3 is 26.4 Å². The summed E-state index contributed by atoms with van der Waals surface area (Å²) in [4.78, 5) is 14.8. The minimum Gasteiger partial charge on any atom is -0.478 e. The molecule has 0 amide bonds. The quantitative estimate of drug-likeness (QED) is 0.699. The molecule has 0 spiro atoms. The van der Waals surface area contributed by atoms with Gasteiger partial charge in [0.25, 0.3) is 0 Å². The number of fused-ring (bicyclic) bond motifs is 1. The number of halogens is 2. The van der Waals surface area contributed by atoms with Crippen molar-refractivity contribution in [2.45, 2.75) is 50.6 Å². The maximum Gasteiger partial charge on any atom is 0.333 e. The van der Waals surface area contributed by atoms with Crippen molar-refractivity contribution in [3.8, 4) is 0 Å². The molecule has 1 unspecified atom stereocenters. The fourth-order valence-electron chi connectivity index (χ4n) is 4.07. The Hall–Kier alpha value is -2.35. The molecule has 0 radical (unpaired) electrons. The zero-order valence-electron chi connectivity index (χ0n) is 15.0. The Labute approximate surface area is 156 Å². The Balaban J connectivity index is 1.85. The van der Waals surface area contributed by atoms with Crippen LogP contribution in [0.4, 0.5) is 25.8 Å². The number of carboxylic acid groups (broad SMARTS) is 1. The van der Waals surface area contributed by atoms with Gasteiger partial charge in [0.15, 0.2) is 11.6 Å². The van der Waals surface area contributed by atoms with Gasteiger partial charge in [0.2, 0.25) is 0 Å². The van der Waals surface area contributed by atoms with E-state index in [2.05, 4.69) is 0 Å². The number of anilines is 3. The number of aliphatic carboxylic acids is 1. The predicted octanol–water partition coefficient (Wildman–Crippen LogP) is 2.36. The topological polar surface area (TPSA) is 95.8 Å². The van der Waals surface area contributed by atoms with Crippen LogP contribution in [0.2, 0.25) is 0 Å². The summed E-state index contributed by atoms with van der Waals surface area (Å²) in [6.07, 6.45) is 5.60. The molecule has 146 valence electrons.